The van der Waals surface area contributed by atoms with E-state index in [-0.39, 0.29) is 11.7 Å². The molecule has 0 aromatic carbocycles. The highest BCUT2D eigenvalue weighted by atomic mass is 32.1. The first-order valence-electron chi connectivity index (χ1n) is 4.70. The summed E-state index contributed by atoms with van der Waals surface area (Å²) in [5.41, 5.74) is 0.155. The minimum Gasteiger partial charge on any atom is -0.476 e. The maximum atomic E-state index is 10.8. The summed E-state index contributed by atoms with van der Waals surface area (Å²) < 4.78 is 5.30. The van der Waals surface area contributed by atoms with E-state index < -0.39 is 5.97 Å². The number of nitrogens with one attached hydrogen (secondary N) is 1. The molecule has 1 fully saturated rings. The molecule has 0 bridgehead atoms. The van der Waals surface area contributed by atoms with Crippen molar-refractivity contribution in [1.29, 1.82) is 0 Å². The molecule has 0 spiro atoms. The molecule has 1 aromatic heterocycles. The van der Waals surface area contributed by atoms with Crippen LogP contribution in [-0.4, -0.2) is 35.8 Å². The predicted molar refractivity (Wildman–Crippen MR) is 55.4 cm³/mol. The third kappa shape index (κ3) is 2.17. The number of carboxylic acid groups (broad SMARTS) is 1. The summed E-state index contributed by atoms with van der Waals surface area (Å²) >= 11 is 1.41. The molecule has 0 radical (unpaired) electrons. The zero-order valence-electron chi connectivity index (χ0n) is 8.32. The number of aryl methyl sites for hydroxylation is 1. The second kappa shape index (κ2) is 4.26. The first kappa shape index (κ1) is 10.5. The zero-order valence-corrected chi connectivity index (χ0v) is 9.13. The van der Waals surface area contributed by atoms with Crippen LogP contribution in [-0.2, 0) is 4.74 Å². The van der Waals surface area contributed by atoms with Gasteiger partial charge in [0.2, 0.25) is 0 Å². The summed E-state index contributed by atoms with van der Waals surface area (Å²) in [6.07, 6.45) is 0. The molecule has 0 aliphatic carbocycles. The number of aromatic nitrogens is 1. The van der Waals surface area contributed by atoms with Crippen molar-refractivity contribution in [3.63, 3.8) is 0 Å². The highest BCUT2D eigenvalue weighted by Crippen LogP contribution is 2.24. The Labute approximate surface area is 91.1 Å². The van der Waals surface area contributed by atoms with Crippen molar-refractivity contribution in [1.82, 2.24) is 10.3 Å². The van der Waals surface area contributed by atoms with Crippen molar-refractivity contribution in [3.8, 4) is 0 Å². The topological polar surface area (TPSA) is 71.5 Å². The molecule has 2 heterocycles. The largest absolute Gasteiger partial charge is 0.476 e. The normalized spacial score (nSPS) is 21.5. The number of aromatic carboxylic acids is 1. The van der Waals surface area contributed by atoms with Gasteiger partial charge in [-0.25, -0.2) is 9.78 Å². The van der Waals surface area contributed by atoms with Gasteiger partial charge in [-0.05, 0) is 6.92 Å². The number of nitrogens with zero attached hydrogens (tertiary/aromatic N) is 1. The summed E-state index contributed by atoms with van der Waals surface area (Å²) in [6, 6.07) is 0.0375. The molecule has 15 heavy (non-hydrogen) atoms. The van der Waals surface area contributed by atoms with Crippen LogP contribution in [0.4, 0.5) is 0 Å². The second-order valence-corrected chi connectivity index (χ2v) is 4.58. The van der Waals surface area contributed by atoms with Crippen LogP contribution in [0, 0.1) is 6.92 Å². The number of ether oxygens (including phenoxy) is 1. The minimum atomic E-state index is -0.966. The van der Waals surface area contributed by atoms with Crippen molar-refractivity contribution >= 4 is 17.3 Å². The van der Waals surface area contributed by atoms with Crippen LogP contribution in [0.3, 0.4) is 0 Å². The van der Waals surface area contributed by atoms with Gasteiger partial charge < -0.3 is 15.2 Å². The molecule has 0 amide bonds. The average molecular weight is 228 g/mol. The third-order valence-corrected chi connectivity index (χ3v) is 3.32. The maximum absolute atomic E-state index is 10.8. The van der Waals surface area contributed by atoms with E-state index in [0.29, 0.717) is 13.2 Å². The van der Waals surface area contributed by atoms with Gasteiger partial charge in [-0.3, -0.25) is 0 Å². The maximum Gasteiger partial charge on any atom is 0.355 e. The van der Waals surface area contributed by atoms with E-state index in [0.717, 1.165) is 16.4 Å². The number of carbonyl (C=O) groups is 1. The van der Waals surface area contributed by atoms with Gasteiger partial charge >= 0.3 is 5.97 Å². The first-order chi connectivity index (χ1) is 7.18. The SMILES string of the molecule is Cc1sc(C2COCCN2)nc1C(=O)O. The number of hydrogen-bond acceptors (Lipinski definition) is 5. The number of carboxylic acids is 1. The van der Waals surface area contributed by atoms with Gasteiger partial charge in [-0.15, -0.1) is 11.3 Å². The molecule has 1 saturated heterocycles. The molecule has 1 aliphatic rings. The van der Waals surface area contributed by atoms with Crippen LogP contribution in [0.2, 0.25) is 0 Å². The highest BCUT2D eigenvalue weighted by Gasteiger charge is 2.22. The Balaban J connectivity index is 2.21. The monoisotopic (exact) mass is 228 g/mol. The summed E-state index contributed by atoms with van der Waals surface area (Å²) in [5, 5.41) is 12.9. The Morgan fingerprint density at radius 2 is 2.53 bits per heavy atom. The van der Waals surface area contributed by atoms with E-state index in [4.69, 9.17) is 9.84 Å². The summed E-state index contributed by atoms with van der Waals surface area (Å²) in [7, 11) is 0. The van der Waals surface area contributed by atoms with Crippen LogP contribution in [0.25, 0.3) is 0 Å². The summed E-state index contributed by atoms with van der Waals surface area (Å²) in [6.45, 7) is 3.82. The molecule has 82 valence electrons. The average Bonchev–Trinajstić information content (AvgIpc) is 2.62. The van der Waals surface area contributed by atoms with Crippen molar-refractivity contribution in [2.45, 2.75) is 13.0 Å². The van der Waals surface area contributed by atoms with Crippen LogP contribution in [0.5, 0.6) is 0 Å². The van der Waals surface area contributed by atoms with Gasteiger partial charge in [-0.2, -0.15) is 0 Å². The van der Waals surface area contributed by atoms with Gasteiger partial charge in [0.15, 0.2) is 5.69 Å². The van der Waals surface area contributed by atoms with E-state index in [9.17, 15) is 4.79 Å². The highest BCUT2D eigenvalue weighted by molar-refractivity contribution is 7.11. The standard InChI is InChI=1S/C9H12N2O3S/c1-5-7(9(12)13)11-8(15-5)6-4-14-3-2-10-6/h6,10H,2-4H2,1H3,(H,12,13). The number of rotatable bonds is 2. The molecule has 0 saturated carbocycles. The van der Waals surface area contributed by atoms with E-state index in [2.05, 4.69) is 10.3 Å². The quantitative estimate of drug-likeness (QED) is 0.783. The summed E-state index contributed by atoms with van der Waals surface area (Å²) in [5.74, 6) is -0.966. The predicted octanol–water partition coefficient (Wildman–Crippen LogP) is 0.811. The Bertz CT molecular complexity index is 371. The van der Waals surface area contributed by atoms with E-state index in [1.165, 1.54) is 11.3 Å². The molecule has 1 atom stereocenters. The lowest BCUT2D eigenvalue weighted by Gasteiger charge is -2.21. The van der Waals surface area contributed by atoms with E-state index >= 15 is 0 Å². The molecule has 1 aromatic rings. The lowest BCUT2D eigenvalue weighted by atomic mass is 10.3. The van der Waals surface area contributed by atoms with Gasteiger partial charge in [0, 0.05) is 11.4 Å². The lowest BCUT2D eigenvalue weighted by molar-refractivity contribution is 0.0685. The Morgan fingerprint density at radius 1 is 1.73 bits per heavy atom. The first-order valence-corrected chi connectivity index (χ1v) is 5.52. The van der Waals surface area contributed by atoms with Gasteiger partial charge in [0.25, 0.3) is 0 Å². The van der Waals surface area contributed by atoms with Gasteiger partial charge in [0.05, 0.1) is 19.3 Å². The minimum absolute atomic E-state index is 0.0375. The Kier molecular flexibility index (Phi) is 2.99. The van der Waals surface area contributed by atoms with Crippen LogP contribution in [0.1, 0.15) is 26.4 Å². The lowest BCUT2D eigenvalue weighted by Crippen LogP contribution is -2.34. The van der Waals surface area contributed by atoms with Gasteiger partial charge in [-0.1, -0.05) is 0 Å². The number of hydrogen-bond donors (Lipinski definition) is 2. The van der Waals surface area contributed by atoms with Crippen LogP contribution in [0.15, 0.2) is 0 Å². The fraction of sp³-hybridized carbons (Fsp3) is 0.556. The van der Waals surface area contributed by atoms with Crippen molar-refractivity contribution in [3.05, 3.63) is 15.6 Å². The molecule has 5 nitrogen and oxygen atoms in total. The number of thiazole rings is 1. The van der Waals surface area contributed by atoms with Crippen molar-refractivity contribution < 1.29 is 14.6 Å². The zero-order chi connectivity index (χ0) is 10.8. The molecular weight excluding hydrogens is 216 g/mol. The summed E-state index contributed by atoms with van der Waals surface area (Å²) in [4.78, 5) is 15.7. The molecule has 6 heteroatoms. The van der Waals surface area contributed by atoms with E-state index in [1.807, 2.05) is 0 Å². The second-order valence-electron chi connectivity index (χ2n) is 3.34. The molecule has 1 unspecified atom stereocenters. The molecule has 1 aliphatic heterocycles. The fourth-order valence-corrected chi connectivity index (χ4v) is 2.46. The van der Waals surface area contributed by atoms with Crippen molar-refractivity contribution in [2.75, 3.05) is 19.8 Å². The van der Waals surface area contributed by atoms with Crippen LogP contribution >= 0.6 is 11.3 Å². The van der Waals surface area contributed by atoms with Crippen molar-refractivity contribution in [2.24, 2.45) is 0 Å². The number of morpholine rings is 1. The Hall–Kier alpha value is -0.980. The van der Waals surface area contributed by atoms with Crippen LogP contribution < -0.4 is 5.32 Å². The fourth-order valence-electron chi connectivity index (χ4n) is 1.49. The third-order valence-electron chi connectivity index (χ3n) is 2.24. The molecular formula is C9H12N2O3S. The smallest absolute Gasteiger partial charge is 0.355 e. The van der Waals surface area contributed by atoms with E-state index in [1.54, 1.807) is 6.92 Å². The Morgan fingerprint density at radius 3 is 3.07 bits per heavy atom. The molecule has 2 rings (SSSR count). The molecule has 2 N–H and O–H groups in total. The van der Waals surface area contributed by atoms with Gasteiger partial charge in [0.1, 0.15) is 5.01 Å².